The first-order valence-corrected chi connectivity index (χ1v) is 11.0. The summed E-state index contributed by atoms with van der Waals surface area (Å²) in [6.45, 7) is 9.92. The average Bonchev–Trinajstić information content (AvgIpc) is 3.12. The Morgan fingerprint density at radius 2 is 1.77 bits per heavy atom. The van der Waals surface area contributed by atoms with Crippen LogP contribution in [0.15, 0.2) is 12.1 Å². The van der Waals surface area contributed by atoms with E-state index in [1.807, 2.05) is 20.8 Å². The van der Waals surface area contributed by atoms with Crippen LogP contribution >= 0.6 is 0 Å². The second-order valence-corrected chi connectivity index (χ2v) is 9.90. The molecule has 0 aromatic heterocycles. The number of imide groups is 1. The molecule has 2 N–H and O–H groups in total. The maximum Gasteiger partial charge on any atom is 0.321 e. The number of nitrogens with zero attached hydrogens (tertiary/aromatic N) is 1. The third kappa shape index (κ3) is 4.13. The molecule has 1 spiro atoms. The maximum atomic E-state index is 12.6. The van der Waals surface area contributed by atoms with Crippen molar-refractivity contribution in [2.75, 3.05) is 26.3 Å². The molecule has 2 aliphatic heterocycles. The Bertz CT molecular complexity index is 840. The summed E-state index contributed by atoms with van der Waals surface area (Å²) >= 11 is 0. The van der Waals surface area contributed by atoms with E-state index in [9.17, 15) is 9.59 Å². The van der Waals surface area contributed by atoms with Crippen molar-refractivity contribution in [1.29, 1.82) is 0 Å². The van der Waals surface area contributed by atoms with Gasteiger partial charge < -0.3 is 14.8 Å². The van der Waals surface area contributed by atoms with Crippen molar-refractivity contribution in [1.82, 2.24) is 15.5 Å². The van der Waals surface area contributed by atoms with E-state index >= 15 is 0 Å². The third-order valence-electron chi connectivity index (χ3n) is 6.44. The van der Waals surface area contributed by atoms with Gasteiger partial charge in [0.05, 0.1) is 6.54 Å². The van der Waals surface area contributed by atoms with Crippen molar-refractivity contribution in [3.8, 4) is 11.5 Å². The highest BCUT2D eigenvalue weighted by Crippen LogP contribution is 2.51. The van der Waals surface area contributed by atoms with E-state index in [0.29, 0.717) is 13.2 Å². The summed E-state index contributed by atoms with van der Waals surface area (Å²) in [7, 11) is 0. The summed E-state index contributed by atoms with van der Waals surface area (Å²) in [6, 6.07) is 3.89. The average molecular weight is 416 g/mol. The summed E-state index contributed by atoms with van der Waals surface area (Å²) in [5.74, 6) is 1.34. The molecule has 1 aromatic rings. The SMILES string of the molecule is CC1c2cc3c(cc2C2(CCCC2)CN1CC(=O)NC(=O)NC(C)(C)C)OCCO3. The quantitative estimate of drug-likeness (QED) is 0.775. The van der Waals surface area contributed by atoms with Crippen molar-refractivity contribution in [2.45, 2.75) is 70.4 Å². The van der Waals surface area contributed by atoms with Gasteiger partial charge in [-0.05, 0) is 63.8 Å². The number of carbonyl (C=O) groups excluding carboxylic acids is 2. The molecule has 1 fully saturated rings. The number of benzene rings is 1. The molecule has 1 saturated carbocycles. The van der Waals surface area contributed by atoms with Crippen LogP contribution < -0.4 is 20.1 Å². The summed E-state index contributed by atoms with van der Waals surface area (Å²) < 4.78 is 11.7. The number of hydrogen-bond acceptors (Lipinski definition) is 5. The topological polar surface area (TPSA) is 79.9 Å². The summed E-state index contributed by atoms with van der Waals surface area (Å²) in [4.78, 5) is 26.9. The predicted octanol–water partition coefficient (Wildman–Crippen LogP) is 3.27. The zero-order chi connectivity index (χ0) is 21.5. The molecular formula is C23H33N3O4. The lowest BCUT2D eigenvalue weighted by Crippen LogP contribution is -2.53. The van der Waals surface area contributed by atoms with E-state index < -0.39 is 11.6 Å². The van der Waals surface area contributed by atoms with Gasteiger partial charge in [-0.15, -0.1) is 0 Å². The molecule has 1 atom stereocenters. The Labute approximate surface area is 178 Å². The lowest BCUT2D eigenvalue weighted by atomic mass is 9.71. The second-order valence-electron chi connectivity index (χ2n) is 9.90. The van der Waals surface area contributed by atoms with E-state index in [0.717, 1.165) is 30.9 Å². The van der Waals surface area contributed by atoms with Crippen LogP contribution in [0, 0.1) is 0 Å². The first kappa shape index (κ1) is 21.0. The molecule has 4 rings (SSSR count). The summed E-state index contributed by atoms with van der Waals surface area (Å²) in [5.41, 5.74) is 2.20. The van der Waals surface area contributed by atoms with Gasteiger partial charge >= 0.3 is 6.03 Å². The molecule has 30 heavy (non-hydrogen) atoms. The number of ether oxygens (including phenoxy) is 2. The lowest BCUT2D eigenvalue weighted by Gasteiger charge is -2.46. The number of hydrogen-bond donors (Lipinski definition) is 2. The molecule has 3 amide bonds. The smallest absolute Gasteiger partial charge is 0.321 e. The van der Waals surface area contributed by atoms with Crippen molar-refractivity contribution < 1.29 is 19.1 Å². The van der Waals surface area contributed by atoms with Crippen molar-refractivity contribution in [3.05, 3.63) is 23.3 Å². The molecular weight excluding hydrogens is 382 g/mol. The van der Waals surface area contributed by atoms with Crippen LogP contribution in [0.2, 0.25) is 0 Å². The number of urea groups is 1. The lowest BCUT2D eigenvalue weighted by molar-refractivity contribution is -0.122. The largest absolute Gasteiger partial charge is 0.486 e. The standard InChI is InChI=1S/C23H33N3O4/c1-15-16-11-18-19(30-10-9-29-18)12-17(16)23(7-5-6-8-23)14-26(15)13-20(27)24-21(28)25-22(2,3)4/h11-12,15H,5-10,13-14H2,1-4H3,(H2,24,25,27,28). The van der Waals surface area contributed by atoms with Crippen molar-refractivity contribution in [2.24, 2.45) is 0 Å². The van der Waals surface area contributed by atoms with E-state index in [2.05, 4.69) is 34.6 Å². The van der Waals surface area contributed by atoms with Crippen molar-refractivity contribution in [3.63, 3.8) is 0 Å². The van der Waals surface area contributed by atoms with Crippen LogP contribution in [-0.2, 0) is 10.2 Å². The fraction of sp³-hybridized carbons (Fsp3) is 0.652. The molecule has 164 valence electrons. The van der Waals surface area contributed by atoms with Gasteiger partial charge in [0.1, 0.15) is 13.2 Å². The Kier molecular flexibility index (Phi) is 5.43. The highest BCUT2D eigenvalue weighted by Gasteiger charge is 2.45. The van der Waals surface area contributed by atoms with Crippen LogP contribution in [-0.4, -0.2) is 48.7 Å². The number of fused-ring (bicyclic) bond motifs is 3. The minimum absolute atomic E-state index is 0.0334. The number of carbonyl (C=O) groups is 2. The number of amides is 3. The van der Waals surface area contributed by atoms with Crippen molar-refractivity contribution >= 4 is 11.9 Å². The first-order valence-electron chi connectivity index (χ1n) is 11.0. The van der Waals surface area contributed by atoms with Crippen LogP contribution in [0.3, 0.4) is 0 Å². The van der Waals surface area contributed by atoms with E-state index in [1.54, 1.807) is 0 Å². The van der Waals surface area contributed by atoms with Crippen LogP contribution in [0.25, 0.3) is 0 Å². The van der Waals surface area contributed by atoms with Crippen LogP contribution in [0.5, 0.6) is 11.5 Å². The highest BCUT2D eigenvalue weighted by atomic mass is 16.6. The number of nitrogens with one attached hydrogen (secondary N) is 2. The number of rotatable bonds is 2. The van der Waals surface area contributed by atoms with Gasteiger partial charge in [-0.3, -0.25) is 15.0 Å². The fourth-order valence-corrected chi connectivity index (χ4v) is 5.11. The Hall–Kier alpha value is -2.28. The zero-order valence-electron chi connectivity index (χ0n) is 18.5. The summed E-state index contributed by atoms with van der Waals surface area (Å²) in [5, 5.41) is 5.26. The molecule has 7 nitrogen and oxygen atoms in total. The first-order chi connectivity index (χ1) is 14.2. The predicted molar refractivity (Wildman–Crippen MR) is 114 cm³/mol. The third-order valence-corrected chi connectivity index (χ3v) is 6.44. The van der Waals surface area contributed by atoms with Gasteiger partial charge in [0.2, 0.25) is 5.91 Å². The van der Waals surface area contributed by atoms with Gasteiger partial charge in [0.25, 0.3) is 0 Å². The van der Waals surface area contributed by atoms with Gasteiger partial charge in [-0.2, -0.15) is 0 Å². The second kappa shape index (κ2) is 7.76. The molecule has 1 unspecified atom stereocenters. The van der Waals surface area contributed by atoms with E-state index in [4.69, 9.17) is 9.47 Å². The van der Waals surface area contributed by atoms with E-state index in [1.165, 1.54) is 24.0 Å². The van der Waals surface area contributed by atoms with Gasteiger partial charge in [0, 0.05) is 23.5 Å². The Balaban J connectivity index is 1.56. The molecule has 7 heteroatoms. The molecule has 0 bridgehead atoms. The molecule has 0 radical (unpaired) electrons. The summed E-state index contributed by atoms with van der Waals surface area (Å²) in [6.07, 6.45) is 4.59. The normalized spacial score (nSPS) is 22.5. The fourth-order valence-electron chi connectivity index (χ4n) is 5.11. The highest BCUT2D eigenvalue weighted by molar-refractivity contribution is 5.95. The molecule has 0 saturated heterocycles. The zero-order valence-corrected chi connectivity index (χ0v) is 18.5. The van der Waals surface area contributed by atoms with Crippen LogP contribution in [0.4, 0.5) is 4.79 Å². The van der Waals surface area contributed by atoms with E-state index in [-0.39, 0.29) is 23.9 Å². The minimum Gasteiger partial charge on any atom is -0.486 e. The van der Waals surface area contributed by atoms with Gasteiger partial charge in [-0.25, -0.2) is 4.79 Å². The molecule has 3 aliphatic rings. The maximum absolute atomic E-state index is 12.6. The molecule has 1 aliphatic carbocycles. The molecule has 1 aromatic carbocycles. The van der Waals surface area contributed by atoms with Crippen LogP contribution in [0.1, 0.15) is 70.5 Å². The van der Waals surface area contributed by atoms with Gasteiger partial charge in [-0.1, -0.05) is 12.8 Å². The van der Waals surface area contributed by atoms with Gasteiger partial charge in [0.15, 0.2) is 11.5 Å². The monoisotopic (exact) mass is 415 g/mol. The Morgan fingerprint density at radius 3 is 2.40 bits per heavy atom. The molecule has 2 heterocycles. The minimum atomic E-state index is -0.451. The Morgan fingerprint density at radius 1 is 1.13 bits per heavy atom.